The van der Waals surface area contributed by atoms with Gasteiger partial charge < -0.3 is 20.7 Å². The number of nitrogens with two attached hydrogens (primary N) is 1. The highest BCUT2D eigenvalue weighted by molar-refractivity contribution is 5.81. The number of carbonyl (C=O) groups excluding carboxylic acids is 1. The maximum absolute atomic E-state index is 11.9. The van der Waals surface area contributed by atoms with Crippen LogP contribution in [0, 0.1) is 0 Å². The summed E-state index contributed by atoms with van der Waals surface area (Å²) in [4.78, 5) is 14.0. The van der Waals surface area contributed by atoms with Crippen LogP contribution >= 0.6 is 0 Å². The highest BCUT2D eigenvalue weighted by atomic mass is 16.5. The molecule has 0 aliphatic carbocycles. The average molecular weight is 293 g/mol. The first-order chi connectivity index (χ1) is 9.99. The van der Waals surface area contributed by atoms with Crippen LogP contribution in [-0.4, -0.2) is 44.6 Å². The van der Waals surface area contributed by atoms with Crippen LogP contribution in [0.1, 0.15) is 31.4 Å². The van der Waals surface area contributed by atoms with Crippen LogP contribution < -0.4 is 15.8 Å². The fourth-order valence-electron chi connectivity index (χ4n) is 2.22. The zero-order chi connectivity index (χ0) is 15.8. The number of rotatable bonds is 8. The van der Waals surface area contributed by atoms with Crippen LogP contribution in [0.4, 0.5) is 0 Å². The molecule has 2 atom stereocenters. The molecule has 0 saturated heterocycles. The van der Waals surface area contributed by atoms with Gasteiger partial charge in [0.25, 0.3) is 0 Å². The second-order valence-electron chi connectivity index (χ2n) is 5.40. The molecule has 1 aromatic carbocycles. The average Bonchev–Trinajstić information content (AvgIpc) is 2.47. The summed E-state index contributed by atoms with van der Waals surface area (Å²) in [5.74, 6) is 0.722. The molecule has 1 unspecified atom stereocenters. The van der Waals surface area contributed by atoms with E-state index < -0.39 is 6.04 Å². The maximum Gasteiger partial charge on any atom is 0.236 e. The smallest absolute Gasteiger partial charge is 0.236 e. The number of hydrogen-bond donors (Lipinski definition) is 2. The van der Waals surface area contributed by atoms with Crippen molar-refractivity contribution in [2.45, 2.75) is 31.8 Å². The monoisotopic (exact) mass is 293 g/mol. The molecule has 21 heavy (non-hydrogen) atoms. The molecule has 0 radical (unpaired) electrons. The van der Waals surface area contributed by atoms with Crippen molar-refractivity contribution in [1.82, 2.24) is 10.2 Å². The Morgan fingerprint density at radius 1 is 1.43 bits per heavy atom. The van der Waals surface area contributed by atoms with Crippen molar-refractivity contribution in [3.8, 4) is 5.75 Å². The summed E-state index contributed by atoms with van der Waals surface area (Å²) >= 11 is 0. The zero-order valence-electron chi connectivity index (χ0n) is 13.4. The molecule has 0 bridgehead atoms. The Morgan fingerprint density at radius 3 is 2.71 bits per heavy atom. The van der Waals surface area contributed by atoms with E-state index in [1.807, 2.05) is 45.3 Å². The molecule has 1 aromatic rings. The van der Waals surface area contributed by atoms with Crippen molar-refractivity contribution in [3.63, 3.8) is 0 Å². The third kappa shape index (κ3) is 5.36. The largest absolute Gasteiger partial charge is 0.497 e. The van der Waals surface area contributed by atoms with E-state index in [0.29, 0.717) is 13.0 Å². The van der Waals surface area contributed by atoms with Crippen LogP contribution in [0.25, 0.3) is 0 Å². The molecule has 5 nitrogen and oxygen atoms in total. The molecule has 0 heterocycles. The second-order valence-corrected chi connectivity index (χ2v) is 5.40. The van der Waals surface area contributed by atoms with E-state index >= 15 is 0 Å². The number of likely N-dealkylation sites (N-methyl/N-ethyl adjacent to an activating group) is 1. The van der Waals surface area contributed by atoms with Gasteiger partial charge in [-0.3, -0.25) is 4.79 Å². The Bertz CT molecular complexity index is 449. The summed E-state index contributed by atoms with van der Waals surface area (Å²) in [5, 5.41) is 2.94. The fraction of sp³-hybridized carbons (Fsp3) is 0.562. The fourth-order valence-corrected chi connectivity index (χ4v) is 2.22. The predicted molar refractivity (Wildman–Crippen MR) is 85.3 cm³/mol. The third-order valence-electron chi connectivity index (χ3n) is 3.51. The van der Waals surface area contributed by atoms with E-state index in [-0.39, 0.29) is 11.9 Å². The van der Waals surface area contributed by atoms with Crippen molar-refractivity contribution in [2.24, 2.45) is 5.73 Å². The van der Waals surface area contributed by atoms with Gasteiger partial charge in [-0.2, -0.15) is 0 Å². The van der Waals surface area contributed by atoms with Gasteiger partial charge in [0.05, 0.1) is 19.2 Å². The number of nitrogens with zero attached hydrogens (tertiary/aromatic N) is 1. The normalized spacial score (nSPS) is 13.8. The Labute approximate surface area is 127 Å². The van der Waals surface area contributed by atoms with Crippen molar-refractivity contribution >= 4 is 5.91 Å². The lowest BCUT2D eigenvalue weighted by molar-refractivity contribution is -0.122. The molecule has 0 aromatic heterocycles. The number of benzene rings is 1. The summed E-state index contributed by atoms with van der Waals surface area (Å²) in [6.07, 6.45) is 1.61. The van der Waals surface area contributed by atoms with E-state index in [4.69, 9.17) is 10.5 Å². The highest BCUT2D eigenvalue weighted by Gasteiger charge is 2.18. The maximum atomic E-state index is 11.9. The first-order valence-corrected chi connectivity index (χ1v) is 7.33. The Hall–Kier alpha value is -1.59. The minimum atomic E-state index is -0.428. The molecule has 0 spiro atoms. The summed E-state index contributed by atoms with van der Waals surface area (Å²) in [7, 11) is 5.62. The van der Waals surface area contributed by atoms with Crippen LogP contribution in [0.2, 0.25) is 0 Å². The topological polar surface area (TPSA) is 67.6 Å². The second kappa shape index (κ2) is 8.64. The number of amides is 1. The first-order valence-electron chi connectivity index (χ1n) is 7.33. The minimum absolute atomic E-state index is 0.0814. The van der Waals surface area contributed by atoms with E-state index in [9.17, 15) is 4.79 Å². The van der Waals surface area contributed by atoms with E-state index in [1.165, 1.54) is 0 Å². The molecule has 5 heteroatoms. The van der Waals surface area contributed by atoms with Gasteiger partial charge in [-0.1, -0.05) is 25.5 Å². The van der Waals surface area contributed by atoms with Crippen LogP contribution in [0.15, 0.2) is 24.3 Å². The van der Waals surface area contributed by atoms with Gasteiger partial charge in [-0.15, -0.1) is 0 Å². The van der Waals surface area contributed by atoms with Gasteiger partial charge in [-0.05, 0) is 38.2 Å². The SMILES string of the molecule is CCC[C@H](N)C(=O)NCC(c1cccc(OC)c1)N(C)C. The van der Waals surface area contributed by atoms with E-state index in [2.05, 4.69) is 10.2 Å². The molecule has 3 N–H and O–H groups in total. The van der Waals surface area contributed by atoms with Gasteiger partial charge in [0, 0.05) is 6.54 Å². The molecule has 1 rings (SSSR count). The number of hydrogen-bond acceptors (Lipinski definition) is 4. The molecule has 0 aliphatic heterocycles. The standard InChI is InChI=1S/C16H27N3O2/c1-5-7-14(17)16(20)18-11-15(19(2)3)12-8-6-9-13(10-12)21-4/h6,8-10,14-15H,5,7,11,17H2,1-4H3,(H,18,20)/t14-,15?/m0/s1. The molecular formula is C16H27N3O2. The highest BCUT2D eigenvalue weighted by Crippen LogP contribution is 2.22. The van der Waals surface area contributed by atoms with Gasteiger partial charge in [0.1, 0.15) is 5.75 Å². The van der Waals surface area contributed by atoms with Crippen molar-refractivity contribution in [2.75, 3.05) is 27.7 Å². The van der Waals surface area contributed by atoms with Crippen molar-refractivity contribution in [3.05, 3.63) is 29.8 Å². The lowest BCUT2D eigenvalue weighted by Gasteiger charge is -2.26. The number of methoxy groups -OCH3 is 1. The lowest BCUT2D eigenvalue weighted by Crippen LogP contribution is -2.43. The molecule has 0 saturated carbocycles. The number of nitrogens with one attached hydrogen (secondary N) is 1. The first kappa shape index (κ1) is 17.5. The molecular weight excluding hydrogens is 266 g/mol. The summed E-state index contributed by atoms with van der Waals surface area (Å²) in [6, 6.07) is 7.54. The number of carbonyl (C=O) groups is 1. The van der Waals surface area contributed by atoms with Gasteiger partial charge in [0.15, 0.2) is 0 Å². The molecule has 118 valence electrons. The molecule has 0 aliphatic rings. The Balaban J connectivity index is 2.72. The van der Waals surface area contributed by atoms with Crippen LogP contribution in [0.3, 0.4) is 0 Å². The summed E-state index contributed by atoms with van der Waals surface area (Å²) < 4.78 is 5.25. The van der Waals surface area contributed by atoms with E-state index in [1.54, 1.807) is 7.11 Å². The van der Waals surface area contributed by atoms with Crippen molar-refractivity contribution in [1.29, 1.82) is 0 Å². The number of ether oxygens (including phenoxy) is 1. The van der Waals surface area contributed by atoms with Crippen LogP contribution in [-0.2, 0) is 4.79 Å². The Kier molecular flexibility index (Phi) is 7.19. The summed E-state index contributed by atoms with van der Waals surface area (Å²) in [6.45, 7) is 2.54. The minimum Gasteiger partial charge on any atom is -0.497 e. The zero-order valence-corrected chi connectivity index (χ0v) is 13.4. The van der Waals surface area contributed by atoms with Crippen molar-refractivity contribution < 1.29 is 9.53 Å². The van der Waals surface area contributed by atoms with Gasteiger partial charge in [0.2, 0.25) is 5.91 Å². The van der Waals surface area contributed by atoms with E-state index in [0.717, 1.165) is 17.7 Å². The third-order valence-corrected chi connectivity index (χ3v) is 3.51. The lowest BCUT2D eigenvalue weighted by atomic mass is 10.1. The van der Waals surface area contributed by atoms with Gasteiger partial charge in [-0.25, -0.2) is 0 Å². The molecule has 1 amide bonds. The van der Waals surface area contributed by atoms with Gasteiger partial charge >= 0.3 is 0 Å². The quantitative estimate of drug-likeness (QED) is 0.763. The Morgan fingerprint density at radius 2 is 2.14 bits per heavy atom. The predicted octanol–water partition coefficient (Wildman–Crippen LogP) is 1.54. The molecule has 0 fully saturated rings. The summed E-state index contributed by atoms with van der Waals surface area (Å²) in [5.41, 5.74) is 6.93. The van der Waals surface area contributed by atoms with Crippen LogP contribution in [0.5, 0.6) is 5.75 Å².